The highest BCUT2D eigenvalue weighted by atomic mass is 79.9. The number of ether oxygens (including phenoxy) is 1. The quantitative estimate of drug-likeness (QED) is 0.782. The zero-order valence-electron chi connectivity index (χ0n) is 10.9. The van der Waals surface area contributed by atoms with Crippen molar-refractivity contribution in [2.24, 2.45) is 5.92 Å². The van der Waals surface area contributed by atoms with E-state index in [0.29, 0.717) is 11.1 Å². The van der Waals surface area contributed by atoms with Gasteiger partial charge in [-0.15, -0.1) is 0 Å². The van der Waals surface area contributed by atoms with Crippen molar-refractivity contribution in [1.29, 1.82) is 0 Å². The maximum Gasteiger partial charge on any atom is 0.336 e. The molecule has 1 aromatic rings. The van der Waals surface area contributed by atoms with E-state index in [4.69, 9.17) is 9.84 Å². The molecule has 1 fully saturated rings. The second kappa shape index (κ2) is 6.39. The molecule has 0 aliphatic heterocycles. The predicted molar refractivity (Wildman–Crippen MR) is 77.9 cm³/mol. The van der Waals surface area contributed by atoms with Gasteiger partial charge in [0.05, 0.1) is 12.2 Å². The predicted octanol–water partition coefficient (Wildman–Crippen LogP) is 3.01. The standard InChI is InChI=1S/C14H18BrNO3/c1-16(6-7-19-9-10-2-3-10)11-4-5-12(14(17)18)13(15)8-11/h4-5,8,10H,2-3,6-7,9H2,1H3,(H,17,18). The summed E-state index contributed by atoms with van der Waals surface area (Å²) < 4.78 is 6.19. The molecule has 0 radical (unpaired) electrons. The van der Waals surface area contributed by atoms with E-state index in [1.165, 1.54) is 12.8 Å². The van der Waals surface area contributed by atoms with E-state index in [9.17, 15) is 4.79 Å². The summed E-state index contributed by atoms with van der Waals surface area (Å²) in [4.78, 5) is 13.0. The third kappa shape index (κ3) is 4.21. The molecule has 5 heteroatoms. The van der Waals surface area contributed by atoms with Gasteiger partial charge in [-0.25, -0.2) is 4.79 Å². The van der Waals surface area contributed by atoms with E-state index in [0.717, 1.165) is 24.8 Å². The minimum absolute atomic E-state index is 0.280. The van der Waals surface area contributed by atoms with Crippen molar-refractivity contribution in [3.63, 3.8) is 0 Å². The van der Waals surface area contributed by atoms with Gasteiger partial charge in [-0.1, -0.05) is 0 Å². The fourth-order valence-corrected chi connectivity index (χ4v) is 2.32. The maximum absolute atomic E-state index is 10.9. The van der Waals surface area contributed by atoms with Gasteiger partial charge in [-0.3, -0.25) is 0 Å². The first-order valence-corrected chi connectivity index (χ1v) is 7.19. The van der Waals surface area contributed by atoms with Crippen LogP contribution in [0, 0.1) is 5.92 Å². The van der Waals surface area contributed by atoms with Gasteiger partial charge in [-0.2, -0.15) is 0 Å². The van der Waals surface area contributed by atoms with Crippen molar-refractivity contribution in [2.45, 2.75) is 12.8 Å². The van der Waals surface area contributed by atoms with Crippen LogP contribution in [-0.4, -0.2) is 37.9 Å². The van der Waals surface area contributed by atoms with E-state index in [-0.39, 0.29) is 5.56 Å². The number of carboxylic acids is 1. The number of nitrogens with zero attached hydrogens (tertiary/aromatic N) is 1. The molecule has 0 atom stereocenters. The van der Waals surface area contributed by atoms with Gasteiger partial charge in [-0.05, 0) is 52.9 Å². The lowest BCUT2D eigenvalue weighted by Gasteiger charge is -2.20. The van der Waals surface area contributed by atoms with Gasteiger partial charge in [0, 0.05) is 30.4 Å². The number of halogens is 1. The number of carboxylic acid groups (broad SMARTS) is 1. The lowest BCUT2D eigenvalue weighted by molar-refractivity contribution is 0.0696. The molecular weight excluding hydrogens is 310 g/mol. The largest absolute Gasteiger partial charge is 0.478 e. The van der Waals surface area contributed by atoms with Crippen LogP contribution < -0.4 is 4.90 Å². The topological polar surface area (TPSA) is 49.8 Å². The average molecular weight is 328 g/mol. The number of aromatic carboxylic acids is 1. The second-order valence-electron chi connectivity index (χ2n) is 4.91. The monoisotopic (exact) mass is 327 g/mol. The molecule has 0 amide bonds. The molecular formula is C14H18BrNO3. The molecule has 2 rings (SSSR count). The highest BCUT2D eigenvalue weighted by molar-refractivity contribution is 9.10. The van der Waals surface area contributed by atoms with E-state index >= 15 is 0 Å². The second-order valence-corrected chi connectivity index (χ2v) is 5.76. The van der Waals surface area contributed by atoms with Crippen LogP contribution in [0.4, 0.5) is 5.69 Å². The molecule has 0 unspecified atom stereocenters. The Morgan fingerprint density at radius 1 is 1.53 bits per heavy atom. The summed E-state index contributed by atoms with van der Waals surface area (Å²) in [6.07, 6.45) is 2.61. The molecule has 0 aromatic heterocycles. The number of benzene rings is 1. The van der Waals surface area contributed by atoms with E-state index in [2.05, 4.69) is 20.8 Å². The fraction of sp³-hybridized carbons (Fsp3) is 0.500. The number of hydrogen-bond donors (Lipinski definition) is 1. The highest BCUT2D eigenvalue weighted by Crippen LogP contribution is 2.28. The Labute approximate surface area is 121 Å². The zero-order chi connectivity index (χ0) is 13.8. The Bertz CT molecular complexity index is 460. The molecule has 1 saturated carbocycles. The first-order chi connectivity index (χ1) is 9.08. The van der Waals surface area contributed by atoms with Crippen LogP contribution >= 0.6 is 15.9 Å². The molecule has 0 bridgehead atoms. The molecule has 4 nitrogen and oxygen atoms in total. The summed E-state index contributed by atoms with van der Waals surface area (Å²) in [5.74, 6) is -0.136. The van der Waals surface area contributed by atoms with Crippen LogP contribution in [0.5, 0.6) is 0 Å². The van der Waals surface area contributed by atoms with Gasteiger partial charge in [0.1, 0.15) is 0 Å². The summed E-state index contributed by atoms with van der Waals surface area (Å²) in [5, 5.41) is 8.96. The third-order valence-corrected chi connectivity index (χ3v) is 3.90. The van der Waals surface area contributed by atoms with Gasteiger partial charge >= 0.3 is 5.97 Å². The molecule has 0 spiro atoms. The van der Waals surface area contributed by atoms with Crippen molar-refractivity contribution < 1.29 is 14.6 Å². The Hall–Kier alpha value is -1.07. The Morgan fingerprint density at radius 2 is 2.26 bits per heavy atom. The third-order valence-electron chi connectivity index (χ3n) is 3.25. The van der Waals surface area contributed by atoms with Crippen molar-refractivity contribution in [1.82, 2.24) is 0 Å². The lowest BCUT2D eigenvalue weighted by atomic mass is 10.2. The summed E-state index contributed by atoms with van der Waals surface area (Å²) in [6.45, 7) is 2.37. The van der Waals surface area contributed by atoms with Crippen molar-refractivity contribution in [3.8, 4) is 0 Å². The molecule has 1 aliphatic carbocycles. The summed E-state index contributed by atoms with van der Waals surface area (Å²) in [7, 11) is 1.97. The first-order valence-electron chi connectivity index (χ1n) is 6.39. The SMILES string of the molecule is CN(CCOCC1CC1)c1ccc(C(=O)O)c(Br)c1. The Balaban J connectivity index is 1.85. The fourth-order valence-electron chi connectivity index (χ4n) is 1.78. The molecule has 1 N–H and O–H groups in total. The Kier molecular flexibility index (Phi) is 4.82. The maximum atomic E-state index is 10.9. The number of carbonyl (C=O) groups is 1. The van der Waals surface area contributed by atoms with Crippen molar-refractivity contribution in [2.75, 3.05) is 31.7 Å². The van der Waals surface area contributed by atoms with Crippen LogP contribution in [0.25, 0.3) is 0 Å². The Morgan fingerprint density at radius 3 is 2.84 bits per heavy atom. The van der Waals surface area contributed by atoms with E-state index in [1.807, 2.05) is 19.2 Å². The molecule has 19 heavy (non-hydrogen) atoms. The molecule has 0 heterocycles. The molecule has 1 aromatic carbocycles. The number of anilines is 1. The van der Waals surface area contributed by atoms with Crippen LogP contribution in [0.1, 0.15) is 23.2 Å². The summed E-state index contributed by atoms with van der Waals surface area (Å²) in [5.41, 5.74) is 1.26. The molecule has 1 aliphatic rings. The van der Waals surface area contributed by atoms with Crippen molar-refractivity contribution >= 4 is 27.6 Å². The summed E-state index contributed by atoms with van der Waals surface area (Å²) >= 11 is 3.29. The van der Waals surface area contributed by atoms with Gasteiger partial charge < -0.3 is 14.7 Å². The first kappa shape index (κ1) is 14.3. The lowest BCUT2D eigenvalue weighted by Crippen LogP contribution is -2.23. The number of rotatable bonds is 7. The van der Waals surface area contributed by atoms with E-state index in [1.54, 1.807) is 6.07 Å². The van der Waals surface area contributed by atoms with Crippen LogP contribution in [-0.2, 0) is 4.74 Å². The number of likely N-dealkylation sites (N-methyl/N-ethyl adjacent to an activating group) is 1. The van der Waals surface area contributed by atoms with E-state index < -0.39 is 5.97 Å². The minimum atomic E-state index is -0.922. The van der Waals surface area contributed by atoms with Gasteiger partial charge in [0.15, 0.2) is 0 Å². The number of hydrogen-bond acceptors (Lipinski definition) is 3. The zero-order valence-corrected chi connectivity index (χ0v) is 12.5. The van der Waals surface area contributed by atoms with Crippen LogP contribution in [0.2, 0.25) is 0 Å². The van der Waals surface area contributed by atoms with Gasteiger partial charge in [0.25, 0.3) is 0 Å². The summed E-state index contributed by atoms with van der Waals surface area (Å²) in [6, 6.07) is 5.25. The highest BCUT2D eigenvalue weighted by Gasteiger charge is 2.21. The minimum Gasteiger partial charge on any atom is -0.478 e. The smallest absolute Gasteiger partial charge is 0.336 e. The van der Waals surface area contributed by atoms with Crippen molar-refractivity contribution in [3.05, 3.63) is 28.2 Å². The molecule has 0 saturated heterocycles. The van der Waals surface area contributed by atoms with Crippen LogP contribution in [0.3, 0.4) is 0 Å². The van der Waals surface area contributed by atoms with Crippen LogP contribution in [0.15, 0.2) is 22.7 Å². The average Bonchev–Trinajstić information content (AvgIpc) is 3.17. The normalized spacial score (nSPS) is 14.4. The molecule has 104 valence electrons. The van der Waals surface area contributed by atoms with Gasteiger partial charge in [0.2, 0.25) is 0 Å².